The van der Waals surface area contributed by atoms with E-state index < -0.39 is 10.0 Å². The average Bonchev–Trinajstić information content (AvgIpc) is 2.59. The van der Waals surface area contributed by atoms with E-state index in [-0.39, 0.29) is 22.9 Å². The first-order valence-corrected chi connectivity index (χ1v) is 10.5. The van der Waals surface area contributed by atoms with Gasteiger partial charge in [-0.1, -0.05) is 13.0 Å². The van der Waals surface area contributed by atoms with Crippen LogP contribution in [-0.4, -0.2) is 50.9 Å². The SMILES string of the molecule is CCCN(C(=O)c1cccc(S(=O)(=O)NC(C)C)c1)C1CCNCC1. The molecule has 25 heavy (non-hydrogen) atoms. The molecule has 6 nitrogen and oxygen atoms in total. The molecule has 1 aromatic rings. The minimum absolute atomic E-state index is 0.0876. The van der Waals surface area contributed by atoms with Crippen LogP contribution < -0.4 is 10.0 Å². The molecule has 1 amide bonds. The Morgan fingerprint density at radius 3 is 2.60 bits per heavy atom. The van der Waals surface area contributed by atoms with Gasteiger partial charge < -0.3 is 10.2 Å². The number of hydrogen-bond acceptors (Lipinski definition) is 4. The molecule has 0 radical (unpaired) electrons. The third-order valence-corrected chi connectivity index (χ3v) is 5.91. The molecular weight excluding hydrogens is 338 g/mol. The first-order chi connectivity index (χ1) is 11.8. The van der Waals surface area contributed by atoms with Crippen LogP contribution in [-0.2, 0) is 10.0 Å². The van der Waals surface area contributed by atoms with Gasteiger partial charge in [-0.2, -0.15) is 0 Å². The molecule has 0 saturated carbocycles. The van der Waals surface area contributed by atoms with Crippen molar-refractivity contribution in [3.05, 3.63) is 29.8 Å². The average molecular weight is 368 g/mol. The van der Waals surface area contributed by atoms with E-state index in [1.54, 1.807) is 26.0 Å². The highest BCUT2D eigenvalue weighted by atomic mass is 32.2. The molecule has 7 heteroatoms. The molecule has 0 aromatic heterocycles. The summed E-state index contributed by atoms with van der Waals surface area (Å²) in [5.41, 5.74) is 0.429. The van der Waals surface area contributed by atoms with Crippen LogP contribution in [0.3, 0.4) is 0 Å². The van der Waals surface area contributed by atoms with E-state index in [0.29, 0.717) is 12.1 Å². The third-order valence-electron chi connectivity index (χ3n) is 4.26. The summed E-state index contributed by atoms with van der Waals surface area (Å²) in [4.78, 5) is 15.1. The fourth-order valence-electron chi connectivity index (χ4n) is 3.15. The molecule has 0 atom stereocenters. The number of nitrogens with zero attached hydrogens (tertiary/aromatic N) is 1. The van der Waals surface area contributed by atoms with Crippen molar-refractivity contribution in [1.82, 2.24) is 14.9 Å². The van der Waals surface area contributed by atoms with Crippen LogP contribution in [0.15, 0.2) is 29.2 Å². The summed E-state index contributed by atoms with van der Waals surface area (Å²) >= 11 is 0. The first-order valence-electron chi connectivity index (χ1n) is 8.99. The van der Waals surface area contributed by atoms with Crippen LogP contribution in [0.1, 0.15) is 50.4 Å². The lowest BCUT2D eigenvalue weighted by atomic mass is 10.0. The number of sulfonamides is 1. The quantitative estimate of drug-likeness (QED) is 0.772. The van der Waals surface area contributed by atoms with E-state index in [1.165, 1.54) is 12.1 Å². The summed E-state index contributed by atoms with van der Waals surface area (Å²) in [6, 6.07) is 6.35. The van der Waals surface area contributed by atoms with Gasteiger partial charge in [-0.05, 0) is 64.4 Å². The number of carbonyl (C=O) groups excluding carboxylic acids is 1. The van der Waals surface area contributed by atoms with Crippen LogP contribution in [0, 0.1) is 0 Å². The Morgan fingerprint density at radius 2 is 2.00 bits per heavy atom. The molecule has 0 aliphatic carbocycles. The zero-order valence-corrected chi connectivity index (χ0v) is 16.1. The summed E-state index contributed by atoms with van der Waals surface area (Å²) in [5.74, 6) is -0.0876. The molecule has 2 N–H and O–H groups in total. The monoisotopic (exact) mass is 367 g/mol. The molecule has 1 saturated heterocycles. The molecule has 140 valence electrons. The highest BCUT2D eigenvalue weighted by Crippen LogP contribution is 2.19. The highest BCUT2D eigenvalue weighted by Gasteiger charge is 2.26. The Morgan fingerprint density at radius 1 is 1.32 bits per heavy atom. The Bertz CT molecular complexity index is 683. The maximum atomic E-state index is 13.0. The van der Waals surface area contributed by atoms with E-state index in [1.807, 2.05) is 4.90 Å². The fourth-order valence-corrected chi connectivity index (χ4v) is 4.45. The minimum Gasteiger partial charge on any atom is -0.336 e. The van der Waals surface area contributed by atoms with E-state index in [2.05, 4.69) is 17.0 Å². The van der Waals surface area contributed by atoms with Gasteiger partial charge in [0.15, 0.2) is 0 Å². The lowest BCUT2D eigenvalue weighted by Gasteiger charge is -2.34. The van der Waals surface area contributed by atoms with E-state index in [9.17, 15) is 13.2 Å². The number of hydrogen-bond donors (Lipinski definition) is 2. The lowest BCUT2D eigenvalue weighted by Crippen LogP contribution is -2.46. The Labute approximate surface area is 151 Å². The number of nitrogens with one attached hydrogen (secondary N) is 2. The standard InChI is InChI=1S/C18H29N3O3S/c1-4-12-21(16-8-10-19-11-9-16)18(22)15-6-5-7-17(13-15)25(23,24)20-14(2)3/h5-7,13-14,16,19-20H,4,8-12H2,1-3H3. The normalized spacial score (nSPS) is 16.2. The van der Waals surface area contributed by atoms with E-state index in [0.717, 1.165) is 32.4 Å². The maximum absolute atomic E-state index is 13.0. The van der Waals surface area contributed by atoms with Crippen molar-refractivity contribution in [3.8, 4) is 0 Å². The van der Waals surface area contributed by atoms with Crippen molar-refractivity contribution >= 4 is 15.9 Å². The van der Waals surface area contributed by atoms with Gasteiger partial charge in [-0.25, -0.2) is 13.1 Å². The number of amides is 1. The van der Waals surface area contributed by atoms with Gasteiger partial charge in [0, 0.05) is 24.2 Å². The van der Waals surface area contributed by atoms with Gasteiger partial charge in [0.1, 0.15) is 0 Å². The Hall–Kier alpha value is -1.44. The molecule has 1 heterocycles. The van der Waals surface area contributed by atoms with Crippen molar-refractivity contribution in [2.24, 2.45) is 0 Å². The van der Waals surface area contributed by atoms with Crippen LogP contribution in [0.4, 0.5) is 0 Å². The van der Waals surface area contributed by atoms with E-state index >= 15 is 0 Å². The molecule has 0 bridgehead atoms. The van der Waals surface area contributed by atoms with Gasteiger partial charge in [0.2, 0.25) is 10.0 Å². The summed E-state index contributed by atoms with van der Waals surface area (Å²) in [6.45, 7) is 8.09. The Kier molecular flexibility index (Phi) is 6.98. The van der Waals surface area contributed by atoms with Gasteiger partial charge in [0.25, 0.3) is 5.91 Å². The molecule has 1 aliphatic rings. The fraction of sp³-hybridized carbons (Fsp3) is 0.611. The van der Waals surface area contributed by atoms with Crippen molar-refractivity contribution in [2.75, 3.05) is 19.6 Å². The summed E-state index contributed by atoms with van der Waals surface area (Å²) < 4.78 is 27.3. The molecular formula is C18H29N3O3S. The largest absolute Gasteiger partial charge is 0.336 e. The number of carbonyl (C=O) groups is 1. The smallest absolute Gasteiger partial charge is 0.254 e. The predicted octanol–water partition coefficient (Wildman–Crippen LogP) is 1.98. The van der Waals surface area contributed by atoms with Crippen molar-refractivity contribution in [2.45, 2.75) is 57.0 Å². The number of benzene rings is 1. The molecule has 1 aliphatic heterocycles. The lowest BCUT2D eigenvalue weighted by molar-refractivity contribution is 0.0642. The predicted molar refractivity (Wildman–Crippen MR) is 99.1 cm³/mol. The van der Waals surface area contributed by atoms with Gasteiger partial charge in [-0.3, -0.25) is 4.79 Å². The van der Waals surface area contributed by atoms with Crippen LogP contribution >= 0.6 is 0 Å². The minimum atomic E-state index is -3.61. The number of rotatable bonds is 7. The second-order valence-corrected chi connectivity index (χ2v) is 8.50. The zero-order chi connectivity index (χ0) is 18.4. The summed E-state index contributed by atoms with van der Waals surface area (Å²) in [5, 5.41) is 3.31. The van der Waals surface area contributed by atoms with Gasteiger partial charge in [0.05, 0.1) is 4.90 Å². The van der Waals surface area contributed by atoms with Crippen molar-refractivity contribution in [3.63, 3.8) is 0 Å². The molecule has 0 unspecified atom stereocenters. The van der Waals surface area contributed by atoms with E-state index in [4.69, 9.17) is 0 Å². The first kappa shape index (κ1) is 19.9. The van der Waals surface area contributed by atoms with Crippen LogP contribution in [0.25, 0.3) is 0 Å². The zero-order valence-electron chi connectivity index (χ0n) is 15.3. The maximum Gasteiger partial charge on any atom is 0.254 e. The van der Waals surface area contributed by atoms with Crippen molar-refractivity contribution < 1.29 is 13.2 Å². The summed E-state index contributed by atoms with van der Waals surface area (Å²) in [6.07, 6.45) is 2.74. The van der Waals surface area contributed by atoms with Crippen LogP contribution in [0.5, 0.6) is 0 Å². The topological polar surface area (TPSA) is 78.5 Å². The molecule has 0 spiro atoms. The molecule has 1 fully saturated rings. The number of piperidine rings is 1. The van der Waals surface area contributed by atoms with Gasteiger partial charge in [-0.15, -0.1) is 0 Å². The summed E-state index contributed by atoms with van der Waals surface area (Å²) in [7, 11) is -3.61. The second-order valence-electron chi connectivity index (χ2n) is 6.78. The molecule has 2 rings (SSSR count). The Balaban J connectivity index is 2.26. The highest BCUT2D eigenvalue weighted by molar-refractivity contribution is 7.89. The van der Waals surface area contributed by atoms with Gasteiger partial charge >= 0.3 is 0 Å². The van der Waals surface area contributed by atoms with Crippen molar-refractivity contribution in [1.29, 1.82) is 0 Å². The van der Waals surface area contributed by atoms with Crippen LogP contribution in [0.2, 0.25) is 0 Å². The molecule has 1 aromatic carbocycles. The second kappa shape index (κ2) is 8.78. The third kappa shape index (κ3) is 5.26.